The van der Waals surface area contributed by atoms with Crippen molar-refractivity contribution in [3.63, 3.8) is 0 Å². The molecule has 1 fully saturated rings. The summed E-state index contributed by atoms with van der Waals surface area (Å²) in [6.45, 7) is 12.5. The molecule has 1 aliphatic rings. The Morgan fingerprint density at radius 3 is 2.42 bits per heavy atom. The highest BCUT2D eigenvalue weighted by Gasteiger charge is 2.32. The van der Waals surface area contributed by atoms with Crippen molar-refractivity contribution in [1.29, 1.82) is 0 Å². The van der Waals surface area contributed by atoms with Gasteiger partial charge in [-0.25, -0.2) is 4.79 Å². The van der Waals surface area contributed by atoms with Gasteiger partial charge in [0.2, 0.25) is 5.91 Å². The van der Waals surface area contributed by atoms with Gasteiger partial charge in [0.1, 0.15) is 12.6 Å². The number of carboxylic acid groups (broad SMARTS) is 1. The lowest BCUT2D eigenvalue weighted by Gasteiger charge is -2.37. The Morgan fingerprint density at radius 1 is 1.23 bits per heavy atom. The fourth-order valence-electron chi connectivity index (χ4n) is 3.47. The molecule has 26 heavy (non-hydrogen) atoms. The quantitative estimate of drug-likeness (QED) is 0.650. The van der Waals surface area contributed by atoms with Crippen LogP contribution in [-0.4, -0.2) is 47.9 Å². The third kappa shape index (κ3) is 8.49. The topological polar surface area (TPSA) is 84.9 Å². The van der Waals surface area contributed by atoms with Crippen molar-refractivity contribution in [3.05, 3.63) is 0 Å². The molecule has 0 aromatic carbocycles. The Labute approximate surface area is 158 Å². The van der Waals surface area contributed by atoms with Crippen molar-refractivity contribution >= 4 is 11.9 Å². The number of carbonyl (C=O) groups excluding carboxylic acids is 1. The van der Waals surface area contributed by atoms with Crippen LogP contribution in [0.4, 0.5) is 0 Å². The van der Waals surface area contributed by atoms with Crippen LogP contribution in [0, 0.1) is 17.8 Å². The fourth-order valence-corrected chi connectivity index (χ4v) is 3.47. The van der Waals surface area contributed by atoms with E-state index in [1.54, 1.807) is 0 Å². The highest BCUT2D eigenvalue weighted by Crippen LogP contribution is 2.35. The van der Waals surface area contributed by atoms with Crippen LogP contribution in [0.15, 0.2) is 0 Å². The molecule has 2 N–H and O–H groups in total. The minimum atomic E-state index is -1.05. The molecule has 0 bridgehead atoms. The second kappa shape index (κ2) is 10.3. The van der Waals surface area contributed by atoms with Crippen LogP contribution in [0.25, 0.3) is 0 Å². The van der Waals surface area contributed by atoms with Crippen LogP contribution < -0.4 is 5.32 Å². The average molecular weight is 372 g/mol. The van der Waals surface area contributed by atoms with Crippen LogP contribution in [-0.2, 0) is 19.1 Å². The first-order valence-corrected chi connectivity index (χ1v) is 9.77. The Hall–Kier alpha value is -1.14. The molecule has 1 saturated carbocycles. The molecule has 0 radical (unpaired) electrons. The number of ether oxygens (including phenoxy) is 2. The van der Waals surface area contributed by atoms with Crippen molar-refractivity contribution in [2.45, 2.75) is 85.0 Å². The van der Waals surface area contributed by atoms with Gasteiger partial charge in [-0.3, -0.25) is 4.79 Å². The van der Waals surface area contributed by atoms with Gasteiger partial charge >= 0.3 is 5.97 Å². The Morgan fingerprint density at radius 2 is 1.88 bits per heavy atom. The van der Waals surface area contributed by atoms with Gasteiger partial charge in [-0.05, 0) is 51.4 Å². The average Bonchev–Trinajstić information content (AvgIpc) is 2.50. The van der Waals surface area contributed by atoms with E-state index >= 15 is 0 Å². The second-order valence-corrected chi connectivity index (χ2v) is 8.88. The summed E-state index contributed by atoms with van der Waals surface area (Å²) >= 11 is 0. The molecule has 0 heterocycles. The molecular weight excluding hydrogens is 334 g/mol. The summed E-state index contributed by atoms with van der Waals surface area (Å²) in [5, 5.41) is 11.9. The minimum Gasteiger partial charge on any atom is -0.480 e. The lowest BCUT2D eigenvalue weighted by atomic mass is 9.75. The number of aliphatic carboxylic acids is 1. The van der Waals surface area contributed by atoms with Gasteiger partial charge in [0, 0.05) is 13.0 Å². The van der Waals surface area contributed by atoms with E-state index in [0.29, 0.717) is 17.8 Å². The summed E-state index contributed by atoms with van der Waals surface area (Å²) in [5.41, 5.74) is -0.334. The van der Waals surface area contributed by atoms with Gasteiger partial charge < -0.3 is 19.9 Å². The molecule has 0 saturated heterocycles. The maximum absolute atomic E-state index is 12.2. The molecule has 1 rings (SSSR count). The predicted molar refractivity (Wildman–Crippen MR) is 101 cm³/mol. The summed E-state index contributed by atoms with van der Waals surface area (Å²) in [6.07, 6.45) is 3.57. The van der Waals surface area contributed by atoms with Crippen LogP contribution in [0.5, 0.6) is 0 Å². The first kappa shape index (κ1) is 22.9. The standard InChI is InChI=1S/C20H37NO5/c1-13(2)15-8-7-14(3)11-17(15)25-12-18(22)21-16(19(23)24)9-10-26-20(4,5)6/h13-17H,7-12H2,1-6H3,(H,21,22)(H,23,24). The van der Waals surface area contributed by atoms with Gasteiger partial charge in [0.05, 0.1) is 11.7 Å². The van der Waals surface area contributed by atoms with Gasteiger partial charge in [-0.15, -0.1) is 0 Å². The zero-order valence-electron chi connectivity index (χ0n) is 17.2. The first-order chi connectivity index (χ1) is 12.0. The van der Waals surface area contributed by atoms with Crippen LogP contribution in [0.2, 0.25) is 0 Å². The molecule has 4 unspecified atom stereocenters. The number of hydrogen-bond acceptors (Lipinski definition) is 4. The summed E-state index contributed by atoms with van der Waals surface area (Å²) in [5.74, 6) is 0.127. The zero-order valence-corrected chi connectivity index (χ0v) is 17.2. The third-order valence-corrected chi connectivity index (χ3v) is 4.96. The van der Waals surface area contributed by atoms with Gasteiger partial charge in [-0.1, -0.05) is 27.2 Å². The minimum absolute atomic E-state index is 0.0667. The Kier molecular flexibility index (Phi) is 9.04. The number of carboxylic acids is 1. The number of hydrogen-bond donors (Lipinski definition) is 2. The molecule has 0 spiro atoms. The number of amides is 1. The molecule has 152 valence electrons. The van der Waals surface area contributed by atoms with E-state index in [4.69, 9.17) is 9.47 Å². The molecule has 1 aliphatic carbocycles. The van der Waals surface area contributed by atoms with Crippen molar-refractivity contribution in [2.75, 3.05) is 13.2 Å². The maximum Gasteiger partial charge on any atom is 0.326 e. The van der Waals surface area contributed by atoms with Crippen molar-refractivity contribution < 1.29 is 24.2 Å². The fraction of sp³-hybridized carbons (Fsp3) is 0.900. The summed E-state index contributed by atoms with van der Waals surface area (Å²) in [7, 11) is 0. The molecule has 4 atom stereocenters. The molecule has 1 amide bonds. The van der Waals surface area contributed by atoms with E-state index in [1.165, 1.54) is 6.42 Å². The van der Waals surface area contributed by atoms with Crippen molar-refractivity contribution in [2.24, 2.45) is 17.8 Å². The Bertz CT molecular complexity index is 458. The third-order valence-electron chi connectivity index (χ3n) is 4.96. The first-order valence-electron chi connectivity index (χ1n) is 9.77. The van der Waals surface area contributed by atoms with E-state index in [9.17, 15) is 14.7 Å². The summed E-state index contributed by atoms with van der Waals surface area (Å²) in [4.78, 5) is 23.5. The van der Waals surface area contributed by atoms with Gasteiger partial charge in [0.25, 0.3) is 0 Å². The molecule has 6 nitrogen and oxygen atoms in total. The maximum atomic E-state index is 12.2. The summed E-state index contributed by atoms with van der Waals surface area (Å²) in [6, 6.07) is -0.959. The van der Waals surface area contributed by atoms with Gasteiger partial charge in [0.15, 0.2) is 0 Å². The normalized spacial score (nSPS) is 25.1. The lowest BCUT2D eigenvalue weighted by Crippen LogP contribution is -2.44. The van der Waals surface area contributed by atoms with Crippen LogP contribution in [0.1, 0.15) is 67.2 Å². The molecule has 6 heteroatoms. The predicted octanol–water partition coefficient (Wildman–Crippen LogP) is 3.24. The monoisotopic (exact) mass is 371 g/mol. The zero-order chi connectivity index (χ0) is 19.9. The Balaban J connectivity index is 2.47. The van der Waals surface area contributed by atoms with E-state index < -0.39 is 12.0 Å². The molecular formula is C20H37NO5. The van der Waals surface area contributed by atoms with Gasteiger partial charge in [-0.2, -0.15) is 0 Å². The highest BCUT2D eigenvalue weighted by atomic mass is 16.5. The highest BCUT2D eigenvalue weighted by molar-refractivity contribution is 5.84. The second-order valence-electron chi connectivity index (χ2n) is 8.88. The molecule has 0 aliphatic heterocycles. The van der Waals surface area contributed by atoms with Crippen molar-refractivity contribution in [1.82, 2.24) is 5.32 Å². The number of carbonyl (C=O) groups is 2. The van der Waals surface area contributed by atoms with Crippen LogP contribution >= 0.6 is 0 Å². The molecule has 0 aromatic heterocycles. The largest absolute Gasteiger partial charge is 0.480 e. The van der Waals surface area contributed by atoms with Crippen molar-refractivity contribution in [3.8, 4) is 0 Å². The lowest BCUT2D eigenvalue weighted by molar-refractivity contribution is -0.144. The SMILES string of the molecule is CC1CCC(C(C)C)C(OCC(=O)NC(CCOC(C)(C)C)C(=O)O)C1. The number of rotatable bonds is 9. The van der Waals surface area contributed by atoms with E-state index in [2.05, 4.69) is 26.1 Å². The number of nitrogens with one attached hydrogen (secondary N) is 1. The molecule has 0 aromatic rings. The van der Waals surface area contributed by atoms with E-state index in [0.717, 1.165) is 12.8 Å². The summed E-state index contributed by atoms with van der Waals surface area (Å²) < 4.78 is 11.4. The smallest absolute Gasteiger partial charge is 0.326 e. The van der Waals surface area contributed by atoms with Crippen LogP contribution in [0.3, 0.4) is 0 Å². The van der Waals surface area contributed by atoms with E-state index in [1.807, 2.05) is 20.8 Å². The van der Waals surface area contributed by atoms with E-state index in [-0.39, 0.29) is 37.2 Å².